The summed E-state index contributed by atoms with van der Waals surface area (Å²) in [4.78, 5) is 45.8. The van der Waals surface area contributed by atoms with Gasteiger partial charge in [-0.25, -0.2) is 4.79 Å². The summed E-state index contributed by atoms with van der Waals surface area (Å²) in [5.74, 6) is 0.810. The van der Waals surface area contributed by atoms with Gasteiger partial charge in [-0.3, -0.25) is 9.59 Å². The van der Waals surface area contributed by atoms with Gasteiger partial charge in [-0.2, -0.15) is 0 Å². The number of rotatable bonds is 8. The van der Waals surface area contributed by atoms with Crippen LogP contribution in [0.2, 0.25) is 0 Å². The van der Waals surface area contributed by atoms with Crippen molar-refractivity contribution in [2.24, 2.45) is 11.8 Å². The van der Waals surface area contributed by atoms with Crippen LogP contribution < -0.4 is 9.64 Å². The molecule has 41 heavy (non-hydrogen) atoms. The number of nitrogens with zero attached hydrogens (tertiary/aromatic N) is 2. The number of esters is 1. The molecule has 1 saturated carbocycles. The number of likely N-dealkylation sites (tertiary alicyclic amines) is 1. The van der Waals surface area contributed by atoms with E-state index in [9.17, 15) is 14.4 Å². The molecule has 0 bridgehead atoms. The number of hydrogen-bond donors (Lipinski definition) is 0. The molecule has 2 fully saturated rings. The summed E-state index contributed by atoms with van der Waals surface area (Å²) in [6, 6.07) is 19.2. The van der Waals surface area contributed by atoms with E-state index < -0.39 is 5.97 Å². The molecule has 0 spiro atoms. The third-order valence-corrected chi connectivity index (χ3v) is 9.55. The van der Waals surface area contributed by atoms with Gasteiger partial charge in [0.1, 0.15) is 10.6 Å². The van der Waals surface area contributed by atoms with Crippen molar-refractivity contribution >= 4 is 34.8 Å². The predicted octanol–water partition coefficient (Wildman–Crippen LogP) is 6.56. The Morgan fingerprint density at radius 2 is 1.68 bits per heavy atom. The fourth-order valence-corrected chi connectivity index (χ4v) is 7.02. The summed E-state index contributed by atoms with van der Waals surface area (Å²) >= 11 is 1.33. The van der Waals surface area contributed by atoms with Gasteiger partial charge in [0.05, 0.1) is 19.9 Å². The van der Waals surface area contributed by atoms with Gasteiger partial charge in [-0.05, 0) is 67.3 Å². The molecule has 3 aromatic rings. The maximum absolute atomic E-state index is 14.3. The van der Waals surface area contributed by atoms with Crippen LogP contribution in [0.5, 0.6) is 5.75 Å². The summed E-state index contributed by atoms with van der Waals surface area (Å²) < 4.78 is 10.4. The molecule has 0 radical (unpaired) electrons. The van der Waals surface area contributed by atoms with Crippen LogP contribution in [0.3, 0.4) is 0 Å². The molecule has 1 aliphatic carbocycles. The first-order chi connectivity index (χ1) is 19.9. The van der Waals surface area contributed by atoms with Crippen LogP contribution >= 0.6 is 11.3 Å². The van der Waals surface area contributed by atoms with Crippen LogP contribution in [0.1, 0.15) is 60.7 Å². The SMILES string of the molecule is COC(=O)c1sc(-c2ccccc2)cc1N(C(=O)C1CCC(C)CC1)C1CCN(Cc2ccc(OC)cc2)C(=O)C1. The predicted molar refractivity (Wildman–Crippen MR) is 161 cm³/mol. The lowest BCUT2D eigenvalue weighted by Gasteiger charge is -2.40. The van der Waals surface area contributed by atoms with Crippen molar-refractivity contribution in [1.29, 1.82) is 0 Å². The normalized spacial score (nSPS) is 20.9. The van der Waals surface area contributed by atoms with E-state index >= 15 is 0 Å². The Bertz CT molecular complexity index is 1360. The molecule has 0 N–H and O–H groups in total. The number of ether oxygens (including phenoxy) is 2. The standard InChI is InChI=1S/C33H38N2O5S/c1-22-9-13-25(14-10-22)32(37)35(28-20-29(24-7-5-4-6-8-24)41-31(28)33(38)40-3)26-17-18-34(30(36)19-26)21-23-11-15-27(39-2)16-12-23/h4-8,11-12,15-16,20,22,25-26H,9-10,13-14,17-19,21H2,1-3H3. The molecule has 5 rings (SSSR count). The van der Waals surface area contributed by atoms with Crippen molar-refractivity contribution < 1.29 is 23.9 Å². The maximum Gasteiger partial charge on any atom is 0.350 e. The zero-order valence-electron chi connectivity index (χ0n) is 24.0. The van der Waals surface area contributed by atoms with E-state index in [1.807, 2.05) is 65.6 Å². The molecule has 1 saturated heterocycles. The van der Waals surface area contributed by atoms with Crippen LogP contribution in [0.15, 0.2) is 60.7 Å². The van der Waals surface area contributed by atoms with E-state index in [1.165, 1.54) is 18.4 Å². The van der Waals surface area contributed by atoms with Crippen LogP contribution in [-0.4, -0.2) is 49.5 Å². The first-order valence-electron chi connectivity index (χ1n) is 14.4. The molecule has 2 heterocycles. The quantitative estimate of drug-likeness (QED) is 0.285. The van der Waals surface area contributed by atoms with Gasteiger partial charge in [-0.1, -0.05) is 49.4 Å². The number of carbonyl (C=O) groups is 3. The van der Waals surface area contributed by atoms with Gasteiger partial charge in [0.25, 0.3) is 0 Å². The number of benzene rings is 2. The molecular weight excluding hydrogens is 536 g/mol. The fraction of sp³-hybridized carbons (Fsp3) is 0.424. The highest BCUT2D eigenvalue weighted by Crippen LogP contribution is 2.41. The Balaban J connectivity index is 1.45. The number of thiophene rings is 1. The van der Waals surface area contributed by atoms with Crippen LogP contribution in [0.4, 0.5) is 5.69 Å². The lowest BCUT2D eigenvalue weighted by atomic mass is 9.82. The van der Waals surface area contributed by atoms with Crippen LogP contribution in [0, 0.1) is 11.8 Å². The van der Waals surface area contributed by atoms with Crippen molar-refractivity contribution in [1.82, 2.24) is 4.90 Å². The number of anilines is 1. The van der Waals surface area contributed by atoms with E-state index in [1.54, 1.807) is 12.0 Å². The van der Waals surface area contributed by atoms with Crippen molar-refractivity contribution in [3.8, 4) is 16.2 Å². The van der Waals surface area contributed by atoms with Crippen molar-refractivity contribution in [2.45, 2.75) is 58.0 Å². The molecule has 8 heteroatoms. The third-order valence-electron chi connectivity index (χ3n) is 8.40. The van der Waals surface area contributed by atoms with Gasteiger partial charge < -0.3 is 19.3 Å². The number of hydrogen-bond acceptors (Lipinski definition) is 6. The minimum atomic E-state index is -0.467. The number of amides is 2. The summed E-state index contributed by atoms with van der Waals surface area (Å²) in [5, 5.41) is 0. The Labute approximate surface area is 246 Å². The summed E-state index contributed by atoms with van der Waals surface area (Å²) in [6.07, 6.45) is 4.50. The average Bonchev–Trinajstić information content (AvgIpc) is 3.44. The Kier molecular flexibility index (Phi) is 9.08. The van der Waals surface area contributed by atoms with Gasteiger partial charge in [0, 0.05) is 36.3 Å². The van der Waals surface area contributed by atoms with Gasteiger partial charge in [0.2, 0.25) is 11.8 Å². The molecule has 1 atom stereocenters. The number of piperidine rings is 1. The number of methoxy groups -OCH3 is 2. The Hall–Kier alpha value is -3.65. The van der Waals surface area contributed by atoms with E-state index in [0.29, 0.717) is 36.0 Å². The van der Waals surface area contributed by atoms with E-state index in [-0.39, 0.29) is 30.2 Å². The molecule has 7 nitrogen and oxygen atoms in total. The second-order valence-corrected chi connectivity index (χ2v) is 12.2. The van der Waals surface area contributed by atoms with Crippen molar-refractivity contribution in [3.63, 3.8) is 0 Å². The summed E-state index contributed by atoms with van der Waals surface area (Å²) in [7, 11) is 3.00. The lowest BCUT2D eigenvalue weighted by molar-refractivity contribution is -0.135. The zero-order chi connectivity index (χ0) is 28.9. The first-order valence-corrected chi connectivity index (χ1v) is 15.2. The third kappa shape index (κ3) is 6.48. The van der Waals surface area contributed by atoms with Crippen LogP contribution in [-0.2, 0) is 20.9 Å². The largest absolute Gasteiger partial charge is 0.497 e. The van der Waals surface area contributed by atoms with E-state index in [4.69, 9.17) is 9.47 Å². The van der Waals surface area contributed by atoms with Gasteiger partial charge in [0.15, 0.2) is 0 Å². The molecule has 1 aromatic heterocycles. The van der Waals surface area contributed by atoms with E-state index in [2.05, 4.69) is 6.92 Å². The van der Waals surface area contributed by atoms with Gasteiger partial charge >= 0.3 is 5.97 Å². The summed E-state index contributed by atoms with van der Waals surface area (Å²) in [5.41, 5.74) is 2.56. The smallest absolute Gasteiger partial charge is 0.350 e. The minimum absolute atomic E-state index is 0.00487. The molecule has 2 aromatic carbocycles. The first kappa shape index (κ1) is 28.9. The topological polar surface area (TPSA) is 76.2 Å². The van der Waals surface area contributed by atoms with E-state index in [0.717, 1.165) is 47.4 Å². The second kappa shape index (κ2) is 12.9. The Morgan fingerprint density at radius 1 is 0.976 bits per heavy atom. The van der Waals surface area contributed by atoms with Crippen molar-refractivity contribution in [2.75, 3.05) is 25.7 Å². The minimum Gasteiger partial charge on any atom is -0.497 e. The lowest BCUT2D eigenvalue weighted by Crippen LogP contribution is -2.51. The fourth-order valence-electron chi connectivity index (χ4n) is 5.94. The molecule has 1 unspecified atom stereocenters. The molecule has 216 valence electrons. The molecular formula is C33H38N2O5S. The highest BCUT2D eigenvalue weighted by atomic mass is 32.1. The molecule has 2 aliphatic rings. The average molecular weight is 575 g/mol. The maximum atomic E-state index is 14.3. The summed E-state index contributed by atoms with van der Waals surface area (Å²) in [6.45, 7) is 3.27. The van der Waals surface area contributed by atoms with Crippen LogP contribution in [0.25, 0.3) is 10.4 Å². The monoisotopic (exact) mass is 574 g/mol. The number of carbonyl (C=O) groups excluding carboxylic acids is 3. The zero-order valence-corrected chi connectivity index (χ0v) is 24.8. The van der Waals surface area contributed by atoms with Gasteiger partial charge in [-0.15, -0.1) is 11.3 Å². The highest BCUT2D eigenvalue weighted by molar-refractivity contribution is 7.18. The van der Waals surface area contributed by atoms with Crippen molar-refractivity contribution in [3.05, 3.63) is 71.1 Å². The Morgan fingerprint density at radius 3 is 2.32 bits per heavy atom. The second-order valence-electron chi connectivity index (χ2n) is 11.2. The molecule has 1 aliphatic heterocycles. The molecule has 2 amide bonds. The highest BCUT2D eigenvalue weighted by Gasteiger charge is 2.39.